The summed E-state index contributed by atoms with van der Waals surface area (Å²) in [6.07, 6.45) is 0. The fraction of sp³-hybridized carbons (Fsp3) is 0.400. The van der Waals surface area contributed by atoms with Gasteiger partial charge in [-0.1, -0.05) is 0 Å². The second kappa shape index (κ2) is 9.25. The van der Waals surface area contributed by atoms with Crippen LogP contribution < -0.4 is 10.1 Å². The first-order valence-electron chi connectivity index (χ1n) is 9.57. The lowest BCUT2D eigenvalue weighted by atomic mass is 10.2. The smallest absolute Gasteiger partial charge is 0.342 e. The Kier molecular flexibility index (Phi) is 6.87. The van der Waals surface area contributed by atoms with Gasteiger partial charge in [0.1, 0.15) is 27.7 Å². The van der Waals surface area contributed by atoms with Gasteiger partial charge in [-0.05, 0) is 50.3 Å². The number of thiocarbonyl (C=S) groups is 1. The average molecular weight is 468 g/mol. The molecule has 0 aliphatic carbocycles. The van der Waals surface area contributed by atoms with Gasteiger partial charge in [0.25, 0.3) is 0 Å². The lowest BCUT2D eigenvalue weighted by Gasteiger charge is -2.35. The molecule has 1 N–H and O–H groups in total. The average Bonchev–Trinajstić information content (AvgIpc) is 3.08. The van der Waals surface area contributed by atoms with E-state index < -0.39 is 16.0 Å². The quantitative estimate of drug-likeness (QED) is 0.525. The van der Waals surface area contributed by atoms with E-state index in [1.165, 1.54) is 18.3 Å². The Morgan fingerprint density at radius 2 is 1.68 bits per heavy atom. The minimum atomic E-state index is -3.94. The number of furan rings is 1. The maximum absolute atomic E-state index is 13.3. The largest absolute Gasteiger partial charge is 0.497 e. The van der Waals surface area contributed by atoms with Crippen molar-refractivity contribution in [2.45, 2.75) is 18.7 Å². The molecule has 1 aromatic carbocycles. The van der Waals surface area contributed by atoms with Gasteiger partial charge >= 0.3 is 5.97 Å². The summed E-state index contributed by atoms with van der Waals surface area (Å²) >= 11 is 5.48. The summed E-state index contributed by atoms with van der Waals surface area (Å²) in [5.74, 6) is 0.381. The number of nitrogens with zero attached hydrogens (tertiary/aromatic N) is 2. The van der Waals surface area contributed by atoms with Gasteiger partial charge < -0.3 is 24.1 Å². The number of benzene rings is 1. The van der Waals surface area contributed by atoms with E-state index in [4.69, 9.17) is 26.1 Å². The van der Waals surface area contributed by atoms with Crippen molar-refractivity contribution in [3.05, 3.63) is 41.3 Å². The van der Waals surface area contributed by atoms with Gasteiger partial charge in [-0.3, -0.25) is 0 Å². The molecule has 3 rings (SSSR count). The van der Waals surface area contributed by atoms with Crippen molar-refractivity contribution in [1.29, 1.82) is 0 Å². The van der Waals surface area contributed by atoms with E-state index in [-0.39, 0.29) is 35.1 Å². The van der Waals surface area contributed by atoms with Crippen molar-refractivity contribution in [3.63, 3.8) is 0 Å². The van der Waals surface area contributed by atoms with E-state index >= 15 is 0 Å². The first-order chi connectivity index (χ1) is 14.7. The number of aryl methyl sites for hydroxylation is 2. The number of anilines is 1. The lowest BCUT2D eigenvalue weighted by molar-refractivity contribution is 0.0594. The van der Waals surface area contributed by atoms with Crippen LogP contribution in [0.2, 0.25) is 0 Å². The molecular formula is C20H25N3O6S2. The number of rotatable bonds is 5. The zero-order valence-electron chi connectivity index (χ0n) is 17.8. The molecule has 11 heteroatoms. The SMILES string of the molecule is COC(=O)c1c(C)oc(C)c1S(=O)(=O)N1CCN(C(=S)Nc2ccc(OC)cc2)CC1. The summed E-state index contributed by atoms with van der Waals surface area (Å²) in [4.78, 5) is 13.9. The number of hydrogen-bond acceptors (Lipinski definition) is 7. The minimum absolute atomic E-state index is 0.0564. The van der Waals surface area contributed by atoms with Crippen LogP contribution in [-0.2, 0) is 14.8 Å². The van der Waals surface area contributed by atoms with Gasteiger partial charge in [0.15, 0.2) is 5.11 Å². The van der Waals surface area contributed by atoms with Crippen LogP contribution in [0.5, 0.6) is 5.75 Å². The molecule has 1 aliphatic heterocycles. The normalized spacial score (nSPS) is 14.9. The topological polar surface area (TPSA) is 101 Å². The molecule has 0 spiro atoms. The Morgan fingerprint density at radius 3 is 2.23 bits per heavy atom. The van der Waals surface area contributed by atoms with Crippen molar-refractivity contribution in [1.82, 2.24) is 9.21 Å². The van der Waals surface area contributed by atoms with E-state index in [9.17, 15) is 13.2 Å². The first-order valence-corrected chi connectivity index (χ1v) is 11.4. The molecule has 168 valence electrons. The molecule has 0 bridgehead atoms. The third-order valence-corrected chi connectivity index (χ3v) is 7.47. The van der Waals surface area contributed by atoms with Gasteiger partial charge in [-0.15, -0.1) is 0 Å². The van der Waals surface area contributed by atoms with Crippen LogP contribution in [-0.4, -0.2) is 69.1 Å². The summed E-state index contributed by atoms with van der Waals surface area (Å²) in [7, 11) is -1.14. The second-order valence-corrected chi connectivity index (χ2v) is 9.22. The van der Waals surface area contributed by atoms with Crippen molar-refractivity contribution in [3.8, 4) is 5.75 Å². The Hall–Kier alpha value is -2.63. The predicted molar refractivity (Wildman–Crippen MR) is 119 cm³/mol. The number of ether oxygens (including phenoxy) is 2. The number of carbonyl (C=O) groups excluding carboxylic acids is 1. The van der Waals surface area contributed by atoms with Gasteiger partial charge in [0.2, 0.25) is 10.0 Å². The zero-order chi connectivity index (χ0) is 22.8. The molecule has 0 saturated carbocycles. The molecule has 1 aliphatic rings. The van der Waals surface area contributed by atoms with E-state index in [0.717, 1.165) is 11.4 Å². The number of hydrogen-bond donors (Lipinski definition) is 1. The molecule has 1 fully saturated rings. The summed E-state index contributed by atoms with van der Waals surface area (Å²) in [6, 6.07) is 7.35. The number of esters is 1. The highest BCUT2D eigenvalue weighted by Gasteiger charge is 2.37. The summed E-state index contributed by atoms with van der Waals surface area (Å²) in [5.41, 5.74) is 0.757. The number of nitrogens with one attached hydrogen (secondary N) is 1. The number of piperazine rings is 1. The van der Waals surface area contributed by atoms with E-state index in [2.05, 4.69) is 5.32 Å². The molecule has 0 atom stereocenters. The Bertz CT molecular complexity index is 1070. The molecule has 1 saturated heterocycles. The molecule has 0 radical (unpaired) electrons. The Balaban J connectivity index is 1.70. The van der Waals surface area contributed by atoms with Crippen LogP contribution >= 0.6 is 12.2 Å². The van der Waals surface area contributed by atoms with E-state index in [1.54, 1.807) is 14.0 Å². The van der Waals surface area contributed by atoms with Crippen molar-refractivity contribution >= 4 is 39.0 Å². The zero-order valence-corrected chi connectivity index (χ0v) is 19.4. The van der Waals surface area contributed by atoms with Crippen LogP contribution in [0.25, 0.3) is 0 Å². The van der Waals surface area contributed by atoms with Crippen molar-refractivity contribution < 1.29 is 27.1 Å². The third kappa shape index (κ3) is 4.68. The Labute approximate surface area is 187 Å². The highest BCUT2D eigenvalue weighted by atomic mass is 32.2. The maximum Gasteiger partial charge on any atom is 0.342 e. The second-order valence-electron chi connectivity index (χ2n) is 6.96. The van der Waals surface area contributed by atoms with Gasteiger partial charge in [0, 0.05) is 31.9 Å². The molecule has 1 aromatic heterocycles. The molecule has 2 aromatic rings. The highest BCUT2D eigenvalue weighted by molar-refractivity contribution is 7.89. The molecular weight excluding hydrogens is 442 g/mol. The summed E-state index contributed by atoms with van der Waals surface area (Å²) in [6.45, 7) is 4.32. The monoisotopic (exact) mass is 467 g/mol. The summed E-state index contributed by atoms with van der Waals surface area (Å²) in [5, 5.41) is 3.66. The Morgan fingerprint density at radius 1 is 1.06 bits per heavy atom. The van der Waals surface area contributed by atoms with Crippen LogP contribution in [0.3, 0.4) is 0 Å². The predicted octanol–water partition coefficient (Wildman–Crippen LogP) is 2.39. The maximum atomic E-state index is 13.3. The fourth-order valence-corrected chi connectivity index (χ4v) is 5.54. The molecule has 0 unspecified atom stereocenters. The van der Waals surface area contributed by atoms with Crippen LogP contribution in [0.1, 0.15) is 21.9 Å². The number of sulfonamides is 1. The minimum Gasteiger partial charge on any atom is -0.497 e. The van der Waals surface area contributed by atoms with E-state index in [0.29, 0.717) is 18.2 Å². The molecule has 31 heavy (non-hydrogen) atoms. The van der Waals surface area contributed by atoms with Crippen LogP contribution in [0, 0.1) is 13.8 Å². The van der Waals surface area contributed by atoms with Crippen LogP contribution in [0.4, 0.5) is 5.69 Å². The van der Waals surface area contributed by atoms with Gasteiger partial charge in [-0.2, -0.15) is 4.31 Å². The molecule has 0 amide bonds. The fourth-order valence-electron chi connectivity index (χ4n) is 3.45. The highest BCUT2D eigenvalue weighted by Crippen LogP contribution is 2.30. The molecule has 2 heterocycles. The lowest BCUT2D eigenvalue weighted by Crippen LogP contribution is -2.51. The van der Waals surface area contributed by atoms with Crippen molar-refractivity contribution in [2.75, 3.05) is 45.7 Å². The van der Waals surface area contributed by atoms with Gasteiger partial charge in [0.05, 0.1) is 14.2 Å². The van der Waals surface area contributed by atoms with Crippen LogP contribution in [0.15, 0.2) is 33.6 Å². The number of methoxy groups -OCH3 is 2. The standard InChI is InChI=1S/C20H25N3O6S2/c1-13-17(19(24)28-4)18(14(2)29-13)31(25,26)23-11-9-22(10-12-23)20(30)21-15-5-7-16(27-3)8-6-15/h5-8H,9-12H2,1-4H3,(H,21,30). The number of carbonyl (C=O) groups is 1. The molecule has 9 nitrogen and oxygen atoms in total. The van der Waals surface area contributed by atoms with Crippen molar-refractivity contribution in [2.24, 2.45) is 0 Å². The third-order valence-electron chi connectivity index (χ3n) is 5.06. The first kappa shape index (κ1) is 23.0. The summed E-state index contributed by atoms with van der Waals surface area (Å²) < 4.78 is 43.2. The van der Waals surface area contributed by atoms with E-state index in [1.807, 2.05) is 29.2 Å². The van der Waals surface area contributed by atoms with Gasteiger partial charge in [-0.25, -0.2) is 13.2 Å².